The summed E-state index contributed by atoms with van der Waals surface area (Å²) in [6, 6.07) is 5.53. The van der Waals surface area contributed by atoms with Crippen molar-refractivity contribution < 1.29 is 19.4 Å². The molecule has 0 aliphatic rings. The number of carbonyl (C=O) groups is 2. The van der Waals surface area contributed by atoms with Crippen LogP contribution in [0.5, 0.6) is 0 Å². The number of carboxylic acid groups (broad SMARTS) is 1. The third-order valence-electron chi connectivity index (χ3n) is 2.67. The van der Waals surface area contributed by atoms with Crippen molar-refractivity contribution in [2.24, 2.45) is 0 Å². The molecule has 0 aliphatic carbocycles. The van der Waals surface area contributed by atoms with E-state index in [0.29, 0.717) is 19.4 Å². The molecule has 98 valence electrons. The van der Waals surface area contributed by atoms with Crippen molar-refractivity contribution >= 4 is 11.9 Å². The second-order valence-corrected chi connectivity index (χ2v) is 4.14. The molecule has 0 fully saturated rings. The van der Waals surface area contributed by atoms with Crippen molar-refractivity contribution in [3.05, 3.63) is 34.9 Å². The van der Waals surface area contributed by atoms with Crippen LogP contribution in [0.15, 0.2) is 18.2 Å². The van der Waals surface area contributed by atoms with Crippen molar-refractivity contribution in [2.45, 2.75) is 33.1 Å². The average Bonchev–Trinajstić information content (AvgIpc) is 2.27. The summed E-state index contributed by atoms with van der Waals surface area (Å²) < 4.78 is 4.86. The molecule has 0 radical (unpaired) electrons. The van der Waals surface area contributed by atoms with Gasteiger partial charge in [0.2, 0.25) is 0 Å². The fraction of sp³-hybridized carbons (Fsp3) is 0.429. The summed E-state index contributed by atoms with van der Waals surface area (Å²) in [6.45, 7) is 4.10. The first-order chi connectivity index (χ1) is 8.52. The summed E-state index contributed by atoms with van der Waals surface area (Å²) in [5, 5.41) is 8.70. The van der Waals surface area contributed by atoms with Crippen molar-refractivity contribution in [3.63, 3.8) is 0 Å². The molecule has 0 unspecified atom stereocenters. The molecule has 4 nitrogen and oxygen atoms in total. The van der Waals surface area contributed by atoms with E-state index in [1.165, 1.54) is 0 Å². The van der Waals surface area contributed by atoms with Crippen LogP contribution in [0.1, 0.15) is 30.0 Å². The summed E-state index contributed by atoms with van der Waals surface area (Å²) >= 11 is 0. The molecule has 0 heterocycles. The van der Waals surface area contributed by atoms with Crippen LogP contribution >= 0.6 is 0 Å². The zero-order chi connectivity index (χ0) is 13.5. The number of hydrogen-bond acceptors (Lipinski definition) is 3. The molecule has 1 N–H and O–H groups in total. The molecular weight excluding hydrogens is 232 g/mol. The van der Waals surface area contributed by atoms with E-state index in [1.807, 2.05) is 19.1 Å². The van der Waals surface area contributed by atoms with E-state index >= 15 is 0 Å². The maximum absolute atomic E-state index is 11.2. The van der Waals surface area contributed by atoms with Crippen molar-refractivity contribution in [1.29, 1.82) is 0 Å². The number of carbonyl (C=O) groups excluding carboxylic acids is 1. The average molecular weight is 250 g/mol. The van der Waals surface area contributed by atoms with Crippen molar-refractivity contribution in [3.8, 4) is 0 Å². The molecule has 1 aromatic carbocycles. The van der Waals surface area contributed by atoms with Gasteiger partial charge in [-0.05, 0) is 37.0 Å². The van der Waals surface area contributed by atoms with E-state index in [-0.39, 0.29) is 12.4 Å². The van der Waals surface area contributed by atoms with Crippen LogP contribution in [0.3, 0.4) is 0 Å². The maximum Gasteiger partial charge on any atom is 0.307 e. The largest absolute Gasteiger partial charge is 0.481 e. The highest BCUT2D eigenvalue weighted by atomic mass is 16.5. The summed E-state index contributed by atoms with van der Waals surface area (Å²) in [5.74, 6) is -1.04. The summed E-state index contributed by atoms with van der Waals surface area (Å²) in [6.07, 6.45) is 1.00. The van der Waals surface area contributed by atoms with E-state index < -0.39 is 5.97 Å². The van der Waals surface area contributed by atoms with Gasteiger partial charge in [-0.25, -0.2) is 0 Å². The maximum atomic E-state index is 11.2. The third kappa shape index (κ3) is 4.57. The first-order valence-electron chi connectivity index (χ1n) is 5.98. The number of hydrogen-bond donors (Lipinski definition) is 1. The zero-order valence-electron chi connectivity index (χ0n) is 10.7. The Morgan fingerprint density at radius 2 is 2.06 bits per heavy atom. The van der Waals surface area contributed by atoms with E-state index in [0.717, 1.165) is 16.7 Å². The smallest absolute Gasteiger partial charge is 0.307 e. The van der Waals surface area contributed by atoms with Crippen LogP contribution in [0.2, 0.25) is 0 Å². The van der Waals surface area contributed by atoms with Gasteiger partial charge in [-0.15, -0.1) is 0 Å². The molecule has 0 saturated heterocycles. The Hall–Kier alpha value is -1.84. The first-order valence-corrected chi connectivity index (χ1v) is 5.98. The Morgan fingerprint density at radius 3 is 2.61 bits per heavy atom. The first kappa shape index (κ1) is 14.2. The predicted molar refractivity (Wildman–Crippen MR) is 67.5 cm³/mol. The van der Waals surface area contributed by atoms with Gasteiger partial charge in [0, 0.05) is 6.42 Å². The van der Waals surface area contributed by atoms with Gasteiger partial charge in [0.25, 0.3) is 0 Å². The molecule has 18 heavy (non-hydrogen) atoms. The second-order valence-electron chi connectivity index (χ2n) is 4.14. The van der Waals surface area contributed by atoms with Crippen LogP contribution in [-0.4, -0.2) is 23.7 Å². The van der Waals surface area contributed by atoms with Crippen molar-refractivity contribution in [2.75, 3.05) is 6.61 Å². The number of aryl methyl sites for hydroxylation is 2. The zero-order valence-corrected chi connectivity index (χ0v) is 10.7. The van der Waals surface area contributed by atoms with Crippen LogP contribution < -0.4 is 0 Å². The quantitative estimate of drug-likeness (QED) is 0.785. The van der Waals surface area contributed by atoms with E-state index in [9.17, 15) is 9.59 Å². The second kappa shape index (κ2) is 6.79. The lowest BCUT2D eigenvalue weighted by atomic mass is 10.00. The Morgan fingerprint density at radius 1 is 1.33 bits per heavy atom. The highest BCUT2D eigenvalue weighted by Crippen LogP contribution is 2.14. The lowest BCUT2D eigenvalue weighted by molar-refractivity contribution is -0.143. The van der Waals surface area contributed by atoms with E-state index in [1.54, 1.807) is 13.0 Å². The van der Waals surface area contributed by atoms with Gasteiger partial charge in [-0.2, -0.15) is 0 Å². The molecule has 0 saturated carbocycles. The number of aliphatic carboxylic acids is 1. The molecular formula is C14H18O4. The van der Waals surface area contributed by atoms with Crippen molar-refractivity contribution in [1.82, 2.24) is 0 Å². The van der Waals surface area contributed by atoms with Crippen LogP contribution in [0.25, 0.3) is 0 Å². The number of carboxylic acids is 1. The molecule has 0 aromatic heterocycles. The lowest BCUT2D eigenvalue weighted by Gasteiger charge is -2.07. The van der Waals surface area contributed by atoms with Gasteiger partial charge in [0.05, 0.1) is 13.0 Å². The van der Waals surface area contributed by atoms with Crippen LogP contribution in [0.4, 0.5) is 0 Å². The summed E-state index contributed by atoms with van der Waals surface area (Å²) in [4.78, 5) is 21.8. The topological polar surface area (TPSA) is 63.6 Å². The summed E-state index contributed by atoms with van der Waals surface area (Å²) in [7, 11) is 0. The molecule has 0 amide bonds. The SMILES string of the molecule is CCOC(=O)CCc1ccc(CC(=O)O)cc1C. The molecule has 4 heteroatoms. The minimum absolute atomic E-state index is 0.0268. The standard InChI is InChI=1S/C14H18O4/c1-3-18-14(17)7-6-12-5-4-11(8-10(12)2)9-13(15)16/h4-5,8H,3,6-7,9H2,1-2H3,(H,15,16). The Kier molecular flexibility index (Phi) is 5.36. The molecule has 1 rings (SSSR count). The highest BCUT2D eigenvalue weighted by Gasteiger charge is 2.07. The molecule has 0 bridgehead atoms. The molecule has 0 aliphatic heterocycles. The monoisotopic (exact) mass is 250 g/mol. The third-order valence-corrected chi connectivity index (χ3v) is 2.67. The molecule has 0 spiro atoms. The fourth-order valence-corrected chi connectivity index (χ4v) is 1.79. The Labute approximate surface area is 107 Å². The van der Waals surface area contributed by atoms with Gasteiger partial charge in [0.15, 0.2) is 0 Å². The van der Waals surface area contributed by atoms with E-state index in [2.05, 4.69) is 0 Å². The minimum Gasteiger partial charge on any atom is -0.481 e. The normalized spacial score (nSPS) is 10.1. The number of ether oxygens (including phenoxy) is 1. The van der Waals surface area contributed by atoms with Gasteiger partial charge in [-0.3, -0.25) is 9.59 Å². The van der Waals surface area contributed by atoms with Gasteiger partial charge in [-0.1, -0.05) is 18.2 Å². The van der Waals surface area contributed by atoms with Gasteiger partial charge in [0.1, 0.15) is 0 Å². The minimum atomic E-state index is -0.839. The highest BCUT2D eigenvalue weighted by molar-refractivity contribution is 5.71. The Bertz CT molecular complexity index is 437. The number of benzene rings is 1. The Balaban J connectivity index is 2.62. The fourth-order valence-electron chi connectivity index (χ4n) is 1.79. The molecule has 1 aromatic rings. The van der Waals surface area contributed by atoms with Crippen LogP contribution in [0, 0.1) is 6.92 Å². The summed E-state index contributed by atoms with van der Waals surface area (Å²) in [5.41, 5.74) is 2.84. The molecule has 0 atom stereocenters. The predicted octanol–water partition coefficient (Wildman–Crippen LogP) is 2.12. The van der Waals surface area contributed by atoms with E-state index in [4.69, 9.17) is 9.84 Å². The van der Waals surface area contributed by atoms with Gasteiger partial charge < -0.3 is 9.84 Å². The van der Waals surface area contributed by atoms with Gasteiger partial charge >= 0.3 is 11.9 Å². The number of esters is 1. The lowest BCUT2D eigenvalue weighted by Crippen LogP contribution is -2.06. The number of rotatable bonds is 6. The van der Waals surface area contributed by atoms with Crippen LogP contribution in [-0.2, 0) is 27.2 Å².